The molecular formula is C9H21FN2. The molecule has 0 aliphatic carbocycles. The highest BCUT2D eigenvalue weighted by molar-refractivity contribution is 4.56. The van der Waals surface area contributed by atoms with Gasteiger partial charge in [0.25, 0.3) is 0 Å². The molecule has 0 saturated heterocycles. The van der Waals surface area contributed by atoms with Crippen molar-refractivity contribution in [2.24, 2.45) is 0 Å². The Morgan fingerprint density at radius 2 is 2.00 bits per heavy atom. The molecule has 12 heavy (non-hydrogen) atoms. The van der Waals surface area contributed by atoms with Gasteiger partial charge in [-0.1, -0.05) is 13.8 Å². The van der Waals surface area contributed by atoms with E-state index in [0.29, 0.717) is 6.42 Å². The molecule has 0 fully saturated rings. The van der Waals surface area contributed by atoms with Crippen LogP contribution in [-0.2, 0) is 0 Å². The first-order chi connectivity index (χ1) is 5.85. The zero-order chi connectivity index (χ0) is 9.23. The van der Waals surface area contributed by atoms with Gasteiger partial charge in [-0.25, -0.2) is 0 Å². The van der Waals surface area contributed by atoms with Crippen LogP contribution >= 0.6 is 0 Å². The topological polar surface area (TPSA) is 15.3 Å². The highest BCUT2D eigenvalue weighted by atomic mass is 19.1. The normalized spacial score (nSPS) is 11.0. The minimum atomic E-state index is -0.197. The SMILES string of the molecule is CCNCCN(CC)CCCF. The van der Waals surface area contributed by atoms with Crippen LogP contribution in [0.15, 0.2) is 0 Å². The lowest BCUT2D eigenvalue weighted by Crippen LogP contribution is -2.32. The molecule has 1 N–H and O–H groups in total. The van der Waals surface area contributed by atoms with Crippen molar-refractivity contribution in [1.82, 2.24) is 10.2 Å². The van der Waals surface area contributed by atoms with E-state index in [2.05, 4.69) is 24.1 Å². The standard InChI is InChI=1S/C9H21FN2/c1-3-11-7-9-12(4-2)8-5-6-10/h11H,3-9H2,1-2H3. The van der Waals surface area contributed by atoms with Crippen LogP contribution in [0.4, 0.5) is 4.39 Å². The van der Waals surface area contributed by atoms with Gasteiger partial charge < -0.3 is 10.2 Å². The van der Waals surface area contributed by atoms with Crippen molar-refractivity contribution in [3.05, 3.63) is 0 Å². The molecule has 0 bridgehead atoms. The van der Waals surface area contributed by atoms with Gasteiger partial charge in [-0.3, -0.25) is 4.39 Å². The molecule has 0 saturated carbocycles. The maximum Gasteiger partial charge on any atom is 0.0906 e. The summed E-state index contributed by atoms with van der Waals surface area (Å²) in [5, 5.41) is 3.25. The van der Waals surface area contributed by atoms with Gasteiger partial charge in [-0.15, -0.1) is 0 Å². The largest absolute Gasteiger partial charge is 0.316 e. The minimum Gasteiger partial charge on any atom is -0.316 e. The Bertz CT molecular complexity index is 88.6. The van der Waals surface area contributed by atoms with E-state index in [1.54, 1.807) is 0 Å². The second-order valence-electron chi connectivity index (χ2n) is 2.83. The summed E-state index contributed by atoms with van der Waals surface area (Å²) in [6.45, 7) is 8.98. The second-order valence-corrected chi connectivity index (χ2v) is 2.83. The van der Waals surface area contributed by atoms with E-state index >= 15 is 0 Å². The first-order valence-corrected chi connectivity index (χ1v) is 4.84. The summed E-state index contributed by atoms with van der Waals surface area (Å²) in [6, 6.07) is 0. The van der Waals surface area contributed by atoms with Crippen LogP contribution in [0.1, 0.15) is 20.3 Å². The summed E-state index contributed by atoms with van der Waals surface area (Å²) in [7, 11) is 0. The molecule has 0 amide bonds. The van der Waals surface area contributed by atoms with Crippen LogP contribution in [0, 0.1) is 0 Å². The fraction of sp³-hybridized carbons (Fsp3) is 1.00. The van der Waals surface area contributed by atoms with Crippen LogP contribution in [-0.4, -0.2) is 44.3 Å². The Hall–Kier alpha value is -0.150. The number of rotatable bonds is 8. The zero-order valence-corrected chi connectivity index (χ0v) is 8.27. The average molecular weight is 176 g/mol. The molecule has 0 aromatic rings. The van der Waals surface area contributed by atoms with Crippen LogP contribution in [0.3, 0.4) is 0 Å². The summed E-state index contributed by atoms with van der Waals surface area (Å²) < 4.78 is 11.8. The summed E-state index contributed by atoms with van der Waals surface area (Å²) in [6.07, 6.45) is 0.667. The van der Waals surface area contributed by atoms with E-state index in [0.717, 1.165) is 32.7 Å². The van der Waals surface area contributed by atoms with Crippen LogP contribution < -0.4 is 5.32 Å². The highest BCUT2D eigenvalue weighted by Crippen LogP contribution is 1.90. The van der Waals surface area contributed by atoms with E-state index in [9.17, 15) is 4.39 Å². The van der Waals surface area contributed by atoms with Crippen molar-refractivity contribution in [2.75, 3.05) is 39.4 Å². The number of likely N-dealkylation sites (N-methyl/N-ethyl adjacent to an activating group) is 2. The van der Waals surface area contributed by atoms with Crippen molar-refractivity contribution >= 4 is 0 Å². The Kier molecular flexibility index (Phi) is 8.83. The molecule has 0 aliphatic heterocycles. The lowest BCUT2D eigenvalue weighted by Gasteiger charge is -2.19. The molecule has 0 unspecified atom stereocenters. The average Bonchev–Trinajstić information content (AvgIpc) is 2.11. The molecule has 0 heterocycles. The van der Waals surface area contributed by atoms with Gasteiger partial charge in [0.05, 0.1) is 6.67 Å². The molecule has 0 rings (SSSR count). The maximum atomic E-state index is 11.8. The number of nitrogens with one attached hydrogen (secondary N) is 1. The third-order valence-electron chi connectivity index (χ3n) is 1.91. The smallest absolute Gasteiger partial charge is 0.0906 e. The summed E-state index contributed by atoms with van der Waals surface area (Å²) in [5.41, 5.74) is 0. The fourth-order valence-corrected chi connectivity index (χ4v) is 1.13. The van der Waals surface area contributed by atoms with E-state index in [-0.39, 0.29) is 6.67 Å². The predicted molar refractivity (Wildman–Crippen MR) is 51.2 cm³/mol. The van der Waals surface area contributed by atoms with Gasteiger partial charge in [0.2, 0.25) is 0 Å². The molecule has 0 aromatic heterocycles. The molecule has 74 valence electrons. The zero-order valence-electron chi connectivity index (χ0n) is 8.27. The first kappa shape index (κ1) is 11.8. The van der Waals surface area contributed by atoms with Gasteiger partial charge in [-0.05, 0) is 19.5 Å². The maximum absolute atomic E-state index is 11.8. The van der Waals surface area contributed by atoms with Crippen molar-refractivity contribution in [2.45, 2.75) is 20.3 Å². The lowest BCUT2D eigenvalue weighted by molar-refractivity contribution is 0.271. The van der Waals surface area contributed by atoms with Crippen LogP contribution in [0.5, 0.6) is 0 Å². The van der Waals surface area contributed by atoms with Crippen LogP contribution in [0.25, 0.3) is 0 Å². The van der Waals surface area contributed by atoms with Gasteiger partial charge in [0.1, 0.15) is 0 Å². The Morgan fingerprint density at radius 3 is 2.50 bits per heavy atom. The van der Waals surface area contributed by atoms with Crippen molar-refractivity contribution in [1.29, 1.82) is 0 Å². The molecular weight excluding hydrogens is 155 g/mol. The second kappa shape index (κ2) is 8.94. The van der Waals surface area contributed by atoms with Crippen molar-refractivity contribution in [3.8, 4) is 0 Å². The molecule has 0 aromatic carbocycles. The van der Waals surface area contributed by atoms with Crippen LogP contribution in [0.2, 0.25) is 0 Å². The monoisotopic (exact) mass is 176 g/mol. The van der Waals surface area contributed by atoms with E-state index in [4.69, 9.17) is 0 Å². The quantitative estimate of drug-likeness (QED) is 0.560. The molecule has 0 spiro atoms. The van der Waals surface area contributed by atoms with Crippen molar-refractivity contribution in [3.63, 3.8) is 0 Å². The third kappa shape index (κ3) is 6.55. The molecule has 0 aliphatic rings. The number of halogens is 1. The lowest BCUT2D eigenvalue weighted by atomic mass is 10.4. The Labute approximate surface area is 75.1 Å². The predicted octanol–water partition coefficient (Wildman–Crippen LogP) is 1.28. The number of hydrogen-bond acceptors (Lipinski definition) is 2. The molecule has 3 heteroatoms. The van der Waals surface area contributed by atoms with Crippen molar-refractivity contribution < 1.29 is 4.39 Å². The van der Waals surface area contributed by atoms with E-state index in [1.807, 2.05) is 0 Å². The number of hydrogen-bond donors (Lipinski definition) is 1. The number of nitrogens with zero attached hydrogens (tertiary/aromatic N) is 1. The Morgan fingerprint density at radius 1 is 1.25 bits per heavy atom. The van der Waals surface area contributed by atoms with Gasteiger partial charge in [0.15, 0.2) is 0 Å². The molecule has 0 radical (unpaired) electrons. The van der Waals surface area contributed by atoms with Gasteiger partial charge in [-0.2, -0.15) is 0 Å². The molecule has 0 atom stereocenters. The molecule has 2 nitrogen and oxygen atoms in total. The summed E-state index contributed by atoms with van der Waals surface area (Å²) in [5.74, 6) is 0. The highest BCUT2D eigenvalue weighted by Gasteiger charge is 1.99. The summed E-state index contributed by atoms with van der Waals surface area (Å²) >= 11 is 0. The summed E-state index contributed by atoms with van der Waals surface area (Å²) in [4.78, 5) is 2.27. The first-order valence-electron chi connectivity index (χ1n) is 4.84. The van der Waals surface area contributed by atoms with Gasteiger partial charge >= 0.3 is 0 Å². The van der Waals surface area contributed by atoms with E-state index in [1.165, 1.54) is 0 Å². The van der Waals surface area contributed by atoms with Gasteiger partial charge in [0, 0.05) is 19.6 Å². The van der Waals surface area contributed by atoms with E-state index < -0.39 is 0 Å². The Balaban J connectivity index is 3.26. The fourth-order valence-electron chi connectivity index (χ4n) is 1.13. The third-order valence-corrected chi connectivity index (χ3v) is 1.91. The number of alkyl halides is 1. The minimum absolute atomic E-state index is 0.197.